The van der Waals surface area contributed by atoms with Crippen LogP contribution in [0.2, 0.25) is 0 Å². The van der Waals surface area contributed by atoms with Crippen molar-refractivity contribution in [3.8, 4) is 0 Å². The largest absolute Gasteiger partial charge is 0.323 e. The van der Waals surface area contributed by atoms with Crippen LogP contribution in [0.15, 0.2) is 30.3 Å². The topological polar surface area (TPSA) is 11.3 Å². The Bertz CT molecular complexity index is 224. The lowest BCUT2D eigenvalue weighted by atomic mass is 10.2. The van der Waals surface area contributed by atoms with Crippen LogP contribution in [0.3, 0.4) is 0 Å². The van der Waals surface area contributed by atoms with Gasteiger partial charge in [0.15, 0.2) is 0 Å². The third-order valence-corrected chi connectivity index (χ3v) is 1.49. The molecule has 0 aromatic heterocycles. The van der Waals surface area contributed by atoms with Gasteiger partial charge in [-0.2, -0.15) is 0 Å². The molecule has 0 amide bonds. The quantitative estimate of drug-likeness (QED) is 0.412. The van der Waals surface area contributed by atoms with Gasteiger partial charge < -0.3 is 0 Å². The summed E-state index contributed by atoms with van der Waals surface area (Å²) < 4.78 is 5.05. The van der Waals surface area contributed by atoms with E-state index >= 15 is 0 Å². The van der Waals surface area contributed by atoms with Gasteiger partial charge in [-0.25, -0.2) is 0 Å². The molecule has 0 saturated carbocycles. The van der Waals surface area contributed by atoms with Crippen molar-refractivity contribution in [2.45, 2.75) is 6.92 Å². The van der Waals surface area contributed by atoms with E-state index < -0.39 is 0 Å². The van der Waals surface area contributed by atoms with Gasteiger partial charge in [0.2, 0.25) is 0 Å². The first kappa shape index (κ1) is 7.00. The minimum absolute atomic E-state index is 0.959. The van der Waals surface area contributed by atoms with Crippen molar-refractivity contribution < 1.29 is 4.42 Å². The third kappa shape index (κ3) is 1.44. The molecule has 1 aromatic rings. The van der Waals surface area contributed by atoms with Gasteiger partial charge in [-0.15, -0.1) is 0 Å². The molecule has 0 atom stereocenters. The Kier molecular flexibility index (Phi) is 2.21. The molecule has 0 heterocycles. The number of benzene rings is 1. The molecule has 1 heteroatoms. The zero-order chi connectivity index (χ0) is 7.40. The van der Waals surface area contributed by atoms with Gasteiger partial charge in [-0.3, -0.25) is 4.42 Å². The van der Waals surface area contributed by atoms with Crippen molar-refractivity contribution >= 4 is 5.78 Å². The Hall–Kier alpha value is -1.11. The van der Waals surface area contributed by atoms with E-state index in [1.165, 1.54) is 0 Å². The van der Waals surface area contributed by atoms with Crippen LogP contribution in [-0.2, 0) is 0 Å². The molecule has 0 N–H and O–H groups in total. The first-order valence-corrected chi connectivity index (χ1v) is 3.27. The highest BCUT2D eigenvalue weighted by atomic mass is 16.4. The van der Waals surface area contributed by atoms with Gasteiger partial charge in [0.05, 0.1) is 12.5 Å². The Morgan fingerprint density at radius 2 is 1.80 bits per heavy atom. The zero-order valence-electron chi connectivity index (χ0n) is 6.29. The highest BCUT2D eigenvalue weighted by Gasteiger charge is 2.02. The summed E-state index contributed by atoms with van der Waals surface area (Å²) >= 11 is 0. The standard InChI is InChI=1S/C9H11O/c1-8(10-2)9-6-4-3-5-7-9/h3-7H,1-2H3/q+1. The molecular formula is C9H11O+. The third-order valence-electron chi connectivity index (χ3n) is 1.49. The van der Waals surface area contributed by atoms with E-state index in [1.807, 2.05) is 37.3 Å². The molecule has 1 aromatic carbocycles. The van der Waals surface area contributed by atoms with Gasteiger partial charge >= 0.3 is 5.78 Å². The Balaban J connectivity index is 2.96. The molecule has 0 saturated heterocycles. The van der Waals surface area contributed by atoms with Crippen LogP contribution in [0, 0.1) is 0 Å². The lowest BCUT2D eigenvalue weighted by molar-refractivity contribution is -0.224. The predicted octanol–water partition coefficient (Wildman–Crippen LogP) is 2.05. The smallest absolute Gasteiger partial charge is 0.262 e. The van der Waals surface area contributed by atoms with Crippen LogP contribution < -0.4 is 0 Å². The lowest BCUT2D eigenvalue weighted by Gasteiger charge is -1.86. The van der Waals surface area contributed by atoms with Crippen LogP contribution in [0.1, 0.15) is 16.9 Å². The molecule has 0 aliphatic heterocycles. The molecule has 1 rings (SSSR count). The maximum Gasteiger partial charge on any atom is 0.323 e. The number of hydrogen-bond donors (Lipinski definition) is 0. The van der Waals surface area contributed by atoms with Crippen molar-refractivity contribution in [2.24, 2.45) is 0 Å². The summed E-state index contributed by atoms with van der Waals surface area (Å²) in [5, 5.41) is 0. The van der Waals surface area contributed by atoms with Crippen molar-refractivity contribution in [3.63, 3.8) is 0 Å². The molecule has 0 bridgehead atoms. The van der Waals surface area contributed by atoms with Gasteiger partial charge in [0, 0.05) is 0 Å². The summed E-state index contributed by atoms with van der Waals surface area (Å²) in [4.78, 5) is 0. The number of hydrogen-bond acceptors (Lipinski definition) is 0. The Labute approximate surface area is 61.0 Å². The van der Waals surface area contributed by atoms with E-state index in [0.717, 1.165) is 11.3 Å². The van der Waals surface area contributed by atoms with E-state index in [1.54, 1.807) is 7.11 Å². The summed E-state index contributed by atoms with van der Waals surface area (Å²) in [6.45, 7) is 1.95. The van der Waals surface area contributed by atoms with Crippen LogP contribution in [0.25, 0.3) is 0 Å². The second kappa shape index (κ2) is 3.16. The molecule has 0 unspecified atom stereocenters. The van der Waals surface area contributed by atoms with Crippen LogP contribution in [0.5, 0.6) is 0 Å². The molecule has 10 heavy (non-hydrogen) atoms. The maximum atomic E-state index is 5.05. The van der Waals surface area contributed by atoms with Crippen LogP contribution in [0.4, 0.5) is 0 Å². The average Bonchev–Trinajstić information content (AvgIpc) is 2.05. The van der Waals surface area contributed by atoms with Crippen molar-refractivity contribution in [2.75, 3.05) is 7.11 Å². The predicted molar refractivity (Wildman–Crippen MR) is 42.4 cm³/mol. The summed E-state index contributed by atoms with van der Waals surface area (Å²) in [7, 11) is 1.68. The lowest BCUT2D eigenvalue weighted by Crippen LogP contribution is -1.92. The summed E-state index contributed by atoms with van der Waals surface area (Å²) in [6, 6.07) is 10.0. The second-order valence-corrected chi connectivity index (χ2v) is 2.13. The van der Waals surface area contributed by atoms with E-state index in [0.29, 0.717) is 0 Å². The van der Waals surface area contributed by atoms with E-state index in [9.17, 15) is 0 Å². The van der Waals surface area contributed by atoms with E-state index in [2.05, 4.69) is 0 Å². The highest BCUT2D eigenvalue weighted by Crippen LogP contribution is 1.98. The van der Waals surface area contributed by atoms with Crippen molar-refractivity contribution in [1.29, 1.82) is 0 Å². The molecular weight excluding hydrogens is 124 g/mol. The van der Waals surface area contributed by atoms with Gasteiger partial charge in [-0.05, 0) is 12.1 Å². The van der Waals surface area contributed by atoms with Crippen molar-refractivity contribution in [1.82, 2.24) is 0 Å². The molecule has 0 aliphatic rings. The Morgan fingerprint density at radius 3 is 2.30 bits per heavy atom. The number of rotatable bonds is 1. The van der Waals surface area contributed by atoms with Crippen molar-refractivity contribution in [3.05, 3.63) is 35.9 Å². The maximum absolute atomic E-state index is 5.05. The molecule has 52 valence electrons. The van der Waals surface area contributed by atoms with Gasteiger partial charge in [0.1, 0.15) is 0 Å². The molecule has 0 fully saturated rings. The van der Waals surface area contributed by atoms with Crippen LogP contribution in [-0.4, -0.2) is 12.9 Å². The molecule has 1 nitrogen and oxygen atoms in total. The fraction of sp³-hybridized carbons (Fsp3) is 0.222. The summed E-state index contributed by atoms with van der Waals surface area (Å²) in [5.74, 6) is 0.959. The first-order valence-electron chi connectivity index (χ1n) is 3.27. The van der Waals surface area contributed by atoms with Gasteiger partial charge in [0.25, 0.3) is 7.11 Å². The summed E-state index contributed by atoms with van der Waals surface area (Å²) in [5.41, 5.74) is 1.14. The molecule has 0 spiro atoms. The minimum atomic E-state index is 0.959. The summed E-state index contributed by atoms with van der Waals surface area (Å²) in [6.07, 6.45) is 0. The highest BCUT2D eigenvalue weighted by molar-refractivity contribution is 5.94. The average molecular weight is 135 g/mol. The zero-order valence-corrected chi connectivity index (χ0v) is 6.29. The Morgan fingerprint density at radius 1 is 1.20 bits per heavy atom. The number of ketones is 1. The molecule has 0 radical (unpaired) electrons. The minimum Gasteiger partial charge on any atom is -0.262 e. The monoisotopic (exact) mass is 135 g/mol. The SMILES string of the molecule is C[O+]=C(C)c1ccccc1. The normalized spacial score (nSPS) is 11.6. The first-order chi connectivity index (χ1) is 4.84. The van der Waals surface area contributed by atoms with E-state index in [4.69, 9.17) is 4.42 Å². The fourth-order valence-electron chi connectivity index (χ4n) is 0.791. The second-order valence-electron chi connectivity index (χ2n) is 2.13. The number of carbonyl (C=O) groups excluding carboxylic acids is 1. The fourth-order valence-corrected chi connectivity index (χ4v) is 0.791. The molecule has 0 aliphatic carbocycles. The van der Waals surface area contributed by atoms with Gasteiger partial charge in [-0.1, -0.05) is 18.2 Å². The van der Waals surface area contributed by atoms with Crippen LogP contribution >= 0.6 is 0 Å². The van der Waals surface area contributed by atoms with E-state index in [-0.39, 0.29) is 0 Å².